The van der Waals surface area contributed by atoms with Crippen LogP contribution >= 0.6 is 0 Å². The van der Waals surface area contributed by atoms with E-state index < -0.39 is 6.10 Å². The van der Waals surface area contributed by atoms with Crippen LogP contribution in [-0.2, 0) is 45.4 Å². The van der Waals surface area contributed by atoms with Crippen LogP contribution in [0.1, 0.15) is 22.3 Å². The molecular weight excluding hydrogens is 486 g/mol. The summed E-state index contributed by atoms with van der Waals surface area (Å²) in [5, 5.41) is 0. The normalized spacial score (nSPS) is 17.1. The van der Waals surface area contributed by atoms with E-state index >= 15 is 0 Å². The van der Waals surface area contributed by atoms with Crippen LogP contribution in [0.4, 0.5) is 0 Å². The van der Waals surface area contributed by atoms with E-state index in [1.54, 1.807) is 0 Å². The van der Waals surface area contributed by atoms with Gasteiger partial charge in [0.05, 0.1) is 25.9 Å². The molecule has 0 radical (unpaired) electrons. The molecule has 2 atom stereocenters. The molecule has 39 heavy (non-hydrogen) atoms. The summed E-state index contributed by atoms with van der Waals surface area (Å²) in [6.45, 7) is 1.93. The average Bonchev–Trinajstić information content (AvgIpc) is 3.00. The number of rotatable bonds is 12. The number of ether oxygens (including phenoxy) is 3. The molecule has 0 aromatic heterocycles. The molecule has 198 valence electrons. The Morgan fingerprint density at radius 1 is 0.590 bits per heavy atom. The third-order valence-electron chi connectivity index (χ3n) is 6.69. The monoisotopic (exact) mass is 519 g/mol. The number of carbonyl (C=O) groups is 1. The van der Waals surface area contributed by atoms with Gasteiger partial charge in [0.25, 0.3) is 5.91 Å². The number of nitrogens with zero attached hydrogens (tertiary/aromatic N) is 1. The SMILES string of the molecule is O=C1C(OCc2ccccc2)=C[C@H](OCc2ccccc2)[C@@H](COCc2ccccc2)N1Cc1ccccc1. The first-order valence-corrected chi connectivity index (χ1v) is 13.3. The predicted molar refractivity (Wildman–Crippen MR) is 151 cm³/mol. The molecule has 1 aliphatic heterocycles. The Morgan fingerprint density at radius 2 is 1.08 bits per heavy atom. The Balaban J connectivity index is 1.40. The molecule has 0 bridgehead atoms. The molecule has 0 saturated carbocycles. The highest BCUT2D eigenvalue weighted by atomic mass is 16.5. The van der Waals surface area contributed by atoms with Crippen molar-refractivity contribution in [2.75, 3.05) is 6.61 Å². The Labute approximate surface area is 230 Å². The van der Waals surface area contributed by atoms with Gasteiger partial charge >= 0.3 is 0 Å². The van der Waals surface area contributed by atoms with Crippen molar-refractivity contribution in [3.05, 3.63) is 155 Å². The van der Waals surface area contributed by atoms with E-state index in [2.05, 4.69) is 0 Å². The zero-order chi connectivity index (χ0) is 26.7. The van der Waals surface area contributed by atoms with Crippen molar-refractivity contribution in [1.82, 2.24) is 4.90 Å². The first kappa shape index (κ1) is 26.4. The maximum atomic E-state index is 13.8. The van der Waals surface area contributed by atoms with Crippen molar-refractivity contribution in [3.63, 3.8) is 0 Å². The summed E-state index contributed by atoms with van der Waals surface area (Å²) in [6.07, 6.45) is 1.42. The minimum atomic E-state index is -0.409. The number of hydrogen-bond donors (Lipinski definition) is 0. The second-order valence-corrected chi connectivity index (χ2v) is 9.55. The van der Waals surface area contributed by atoms with Crippen LogP contribution in [0.3, 0.4) is 0 Å². The molecule has 1 amide bonds. The average molecular weight is 520 g/mol. The van der Waals surface area contributed by atoms with E-state index in [4.69, 9.17) is 14.2 Å². The van der Waals surface area contributed by atoms with E-state index in [-0.39, 0.29) is 11.9 Å². The van der Waals surface area contributed by atoms with E-state index in [1.165, 1.54) is 0 Å². The number of hydrogen-bond acceptors (Lipinski definition) is 4. The van der Waals surface area contributed by atoms with Gasteiger partial charge in [-0.3, -0.25) is 4.79 Å². The summed E-state index contributed by atoms with van der Waals surface area (Å²) >= 11 is 0. The molecule has 0 N–H and O–H groups in total. The summed E-state index contributed by atoms with van der Waals surface area (Å²) in [5.74, 6) is 0.134. The van der Waals surface area contributed by atoms with Crippen LogP contribution in [0.15, 0.2) is 133 Å². The van der Waals surface area contributed by atoms with Gasteiger partial charge in [-0.05, 0) is 28.3 Å². The van der Waals surface area contributed by atoms with Crippen LogP contribution in [0, 0.1) is 0 Å². The topological polar surface area (TPSA) is 48.0 Å². The Bertz CT molecular complexity index is 1330. The van der Waals surface area contributed by atoms with Crippen molar-refractivity contribution in [2.45, 2.75) is 38.5 Å². The second kappa shape index (κ2) is 13.6. The zero-order valence-corrected chi connectivity index (χ0v) is 21.9. The Morgan fingerprint density at radius 3 is 1.64 bits per heavy atom. The lowest BCUT2D eigenvalue weighted by Crippen LogP contribution is -2.53. The smallest absolute Gasteiger partial charge is 0.289 e. The van der Waals surface area contributed by atoms with Crippen molar-refractivity contribution in [2.24, 2.45) is 0 Å². The van der Waals surface area contributed by atoms with Crippen molar-refractivity contribution >= 4 is 5.91 Å². The second-order valence-electron chi connectivity index (χ2n) is 9.55. The summed E-state index contributed by atoms with van der Waals surface area (Å²) in [7, 11) is 0. The largest absolute Gasteiger partial charge is 0.483 e. The molecule has 1 aliphatic rings. The van der Waals surface area contributed by atoms with Crippen molar-refractivity contribution < 1.29 is 19.0 Å². The number of benzene rings is 4. The van der Waals surface area contributed by atoms with Gasteiger partial charge in [-0.15, -0.1) is 0 Å². The predicted octanol–water partition coefficient (Wildman–Crippen LogP) is 6.30. The fraction of sp³-hybridized carbons (Fsp3) is 0.206. The highest BCUT2D eigenvalue weighted by Crippen LogP contribution is 2.26. The minimum absolute atomic E-state index is 0.164. The molecule has 5 nitrogen and oxygen atoms in total. The Kier molecular flexibility index (Phi) is 9.18. The fourth-order valence-electron chi connectivity index (χ4n) is 4.60. The van der Waals surface area contributed by atoms with Crippen LogP contribution in [-0.4, -0.2) is 29.6 Å². The maximum absolute atomic E-state index is 13.8. The van der Waals surface area contributed by atoms with Gasteiger partial charge < -0.3 is 19.1 Å². The van der Waals surface area contributed by atoms with Crippen LogP contribution in [0.25, 0.3) is 0 Å². The summed E-state index contributed by atoms with van der Waals surface area (Å²) in [6, 6.07) is 39.6. The first-order valence-electron chi connectivity index (χ1n) is 13.3. The van der Waals surface area contributed by atoms with Crippen molar-refractivity contribution in [1.29, 1.82) is 0 Å². The van der Waals surface area contributed by atoms with Crippen LogP contribution in [0.5, 0.6) is 0 Å². The maximum Gasteiger partial charge on any atom is 0.289 e. The van der Waals surface area contributed by atoms with E-state index in [0.29, 0.717) is 38.7 Å². The minimum Gasteiger partial charge on any atom is -0.483 e. The lowest BCUT2D eigenvalue weighted by atomic mass is 10.0. The lowest BCUT2D eigenvalue weighted by molar-refractivity contribution is -0.143. The number of carbonyl (C=O) groups excluding carboxylic acids is 1. The summed E-state index contributed by atoms with van der Waals surface area (Å²) in [5.41, 5.74) is 4.17. The summed E-state index contributed by atoms with van der Waals surface area (Å²) in [4.78, 5) is 15.7. The lowest BCUT2D eigenvalue weighted by Gasteiger charge is -2.39. The van der Waals surface area contributed by atoms with E-state index in [0.717, 1.165) is 22.3 Å². The molecule has 0 aliphatic carbocycles. The molecule has 4 aromatic rings. The zero-order valence-electron chi connectivity index (χ0n) is 21.9. The molecule has 0 unspecified atom stereocenters. The first-order chi connectivity index (χ1) is 19.3. The third-order valence-corrected chi connectivity index (χ3v) is 6.69. The van der Waals surface area contributed by atoms with Gasteiger partial charge in [-0.25, -0.2) is 0 Å². The highest BCUT2D eigenvalue weighted by molar-refractivity contribution is 5.93. The molecule has 1 heterocycles. The van der Waals surface area contributed by atoms with Gasteiger partial charge in [0, 0.05) is 6.54 Å². The molecule has 0 spiro atoms. The van der Waals surface area contributed by atoms with Crippen molar-refractivity contribution in [3.8, 4) is 0 Å². The van der Waals surface area contributed by atoms with Crippen LogP contribution < -0.4 is 0 Å². The van der Waals surface area contributed by atoms with Gasteiger partial charge in [0.2, 0.25) is 0 Å². The molecule has 4 aromatic carbocycles. The van der Waals surface area contributed by atoms with Gasteiger partial charge in [-0.1, -0.05) is 121 Å². The number of amides is 1. The Hall–Kier alpha value is -4.19. The molecular formula is C34H33NO4. The van der Waals surface area contributed by atoms with Gasteiger partial charge in [0.15, 0.2) is 5.76 Å². The standard InChI is InChI=1S/C34H33NO4/c36-34-33(39-25-30-19-11-4-12-20-30)21-32(38-24-29-17-9-3-10-18-29)31(26-37-23-28-15-7-2-8-16-28)35(34)22-27-13-5-1-6-14-27/h1-21,31-32H,22-26H2/t31-,32+/m1/s1. The van der Waals surface area contributed by atoms with Gasteiger partial charge in [-0.2, -0.15) is 0 Å². The highest BCUT2D eigenvalue weighted by Gasteiger charge is 2.38. The van der Waals surface area contributed by atoms with Crippen LogP contribution in [0.2, 0.25) is 0 Å². The molecule has 5 rings (SSSR count). The van der Waals surface area contributed by atoms with Gasteiger partial charge in [0.1, 0.15) is 12.7 Å². The molecule has 0 saturated heterocycles. The fourth-order valence-corrected chi connectivity index (χ4v) is 4.60. The quantitative estimate of drug-likeness (QED) is 0.220. The molecule has 0 fully saturated rings. The summed E-state index contributed by atoms with van der Waals surface area (Å²) < 4.78 is 18.7. The van der Waals surface area contributed by atoms with E-state index in [9.17, 15) is 4.79 Å². The molecule has 5 heteroatoms. The third kappa shape index (κ3) is 7.44. The van der Waals surface area contributed by atoms with E-state index in [1.807, 2.05) is 132 Å².